The minimum atomic E-state index is -0.183. The van der Waals surface area contributed by atoms with Crippen molar-refractivity contribution in [3.8, 4) is 11.8 Å². The van der Waals surface area contributed by atoms with Crippen LogP contribution in [0.1, 0.15) is 27.4 Å². The van der Waals surface area contributed by atoms with Crippen LogP contribution in [0.2, 0.25) is 0 Å². The molecule has 0 saturated heterocycles. The van der Waals surface area contributed by atoms with Crippen LogP contribution in [-0.2, 0) is 0 Å². The third kappa shape index (κ3) is 3.88. The number of rotatable bonds is 2. The lowest BCUT2D eigenvalue weighted by Gasteiger charge is -2.05. The van der Waals surface area contributed by atoms with Crippen LogP contribution in [-0.4, -0.2) is 10.9 Å². The maximum absolute atomic E-state index is 12.5. The molecule has 4 aromatic rings. The third-order valence-electron chi connectivity index (χ3n) is 4.02. The number of nitrogens with zero attached hydrogens (tertiary/aromatic N) is 1. The topological polar surface area (TPSA) is 55.1 Å². The molecule has 0 unspecified atom stereocenters. The van der Waals surface area contributed by atoms with Crippen LogP contribution >= 0.6 is 0 Å². The first kappa shape index (κ1) is 16.6. The Balaban J connectivity index is 1.48. The van der Waals surface area contributed by atoms with Gasteiger partial charge in [-0.1, -0.05) is 30.0 Å². The highest BCUT2D eigenvalue weighted by Gasteiger charge is 2.08. The summed E-state index contributed by atoms with van der Waals surface area (Å²) in [5, 5.41) is 2.88. The van der Waals surface area contributed by atoms with E-state index in [1.165, 1.54) is 0 Å². The van der Waals surface area contributed by atoms with Crippen molar-refractivity contribution in [1.29, 1.82) is 0 Å². The van der Waals surface area contributed by atoms with E-state index in [9.17, 15) is 4.79 Å². The van der Waals surface area contributed by atoms with Gasteiger partial charge < -0.3 is 9.73 Å². The Kier molecular flexibility index (Phi) is 4.42. The van der Waals surface area contributed by atoms with Gasteiger partial charge in [0.05, 0.1) is 0 Å². The van der Waals surface area contributed by atoms with E-state index in [1.54, 1.807) is 37.3 Å². The van der Waals surface area contributed by atoms with Crippen molar-refractivity contribution in [1.82, 2.24) is 4.98 Å². The van der Waals surface area contributed by atoms with Gasteiger partial charge in [-0.25, -0.2) is 4.98 Å². The molecule has 0 aliphatic carbocycles. The lowest BCUT2D eigenvalue weighted by molar-refractivity contribution is 0.102. The number of aryl methyl sites for hydroxylation is 1. The van der Waals surface area contributed by atoms with Gasteiger partial charge >= 0.3 is 0 Å². The molecule has 0 aliphatic heterocycles. The number of nitrogens with one attached hydrogen (secondary N) is 1. The summed E-state index contributed by atoms with van der Waals surface area (Å²) in [5.41, 5.74) is 4.47. The number of oxazole rings is 1. The molecule has 3 aromatic carbocycles. The molecule has 0 spiro atoms. The number of hydrogen-bond acceptors (Lipinski definition) is 3. The summed E-state index contributed by atoms with van der Waals surface area (Å²) in [6.45, 7) is 1.79. The molecule has 0 bridgehead atoms. The fourth-order valence-electron chi connectivity index (χ4n) is 2.69. The third-order valence-corrected chi connectivity index (χ3v) is 4.02. The Morgan fingerprint density at radius 3 is 2.37 bits per heavy atom. The smallest absolute Gasteiger partial charge is 0.255 e. The fourth-order valence-corrected chi connectivity index (χ4v) is 2.69. The van der Waals surface area contributed by atoms with Crippen molar-refractivity contribution in [2.75, 3.05) is 5.32 Å². The average molecular weight is 352 g/mol. The van der Waals surface area contributed by atoms with Gasteiger partial charge in [0.25, 0.3) is 5.91 Å². The predicted molar refractivity (Wildman–Crippen MR) is 106 cm³/mol. The van der Waals surface area contributed by atoms with E-state index < -0.39 is 0 Å². The minimum absolute atomic E-state index is 0.183. The predicted octanol–water partition coefficient (Wildman–Crippen LogP) is 4.79. The number of anilines is 1. The number of aromatic nitrogens is 1. The largest absolute Gasteiger partial charge is 0.441 e. The van der Waals surface area contributed by atoms with Crippen LogP contribution in [0.25, 0.3) is 11.1 Å². The van der Waals surface area contributed by atoms with Crippen molar-refractivity contribution < 1.29 is 9.21 Å². The van der Waals surface area contributed by atoms with Crippen LogP contribution in [0.3, 0.4) is 0 Å². The zero-order valence-corrected chi connectivity index (χ0v) is 14.7. The molecule has 0 saturated carbocycles. The molecule has 27 heavy (non-hydrogen) atoms. The van der Waals surface area contributed by atoms with Crippen molar-refractivity contribution in [2.24, 2.45) is 0 Å². The minimum Gasteiger partial charge on any atom is -0.441 e. The first-order valence-electron chi connectivity index (χ1n) is 8.53. The van der Waals surface area contributed by atoms with E-state index in [4.69, 9.17) is 4.42 Å². The molecular weight excluding hydrogens is 336 g/mol. The van der Waals surface area contributed by atoms with E-state index in [0.29, 0.717) is 22.7 Å². The normalized spacial score (nSPS) is 10.3. The Morgan fingerprint density at radius 2 is 1.63 bits per heavy atom. The highest BCUT2D eigenvalue weighted by molar-refractivity contribution is 6.04. The number of carbonyl (C=O) groups excluding carboxylic acids is 1. The molecule has 0 atom stereocenters. The van der Waals surface area contributed by atoms with Crippen LogP contribution in [0.15, 0.2) is 77.2 Å². The van der Waals surface area contributed by atoms with E-state index in [1.807, 2.05) is 42.5 Å². The van der Waals surface area contributed by atoms with E-state index in [0.717, 1.165) is 16.6 Å². The van der Waals surface area contributed by atoms with E-state index >= 15 is 0 Å². The summed E-state index contributed by atoms with van der Waals surface area (Å²) >= 11 is 0. The molecule has 1 N–H and O–H groups in total. The summed E-state index contributed by atoms with van der Waals surface area (Å²) in [6.07, 6.45) is 0. The number of fused-ring (bicyclic) bond motifs is 1. The zero-order valence-electron chi connectivity index (χ0n) is 14.7. The Labute approximate surface area is 156 Å². The maximum Gasteiger partial charge on any atom is 0.255 e. The summed E-state index contributed by atoms with van der Waals surface area (Å²) in [6, 6.07) is 22.4. The standard InChI is InChI=1S/C23H16N2O2/c1-16-24-21-15-20(13-14-22(21)27-16)25-23(26)19-11-9-18(10-12-19)8-7-17-5-3-2-4-6-17/h2-6,9-15H,1H3,(H,25,26). The number of hydrogen-bond donors (Lipinski definition) is 1. The first-order valence-corrected chi connectivity index (χ1v) is 8.53. The highest BCUT2D eigenvalue weighted by Crippen LogP contribution is 2.20. The van der Waals surface area contributed by atoms with Gasteiger partial charge in [0, 0.05) is 29.3 Å². The molecule has 4 rings (SSSR count). The second-order valence-electron chi connectivity index (χ2n) is 6.06. The lowest BCUT2D eigenvalue weighted by atomic mass is 10.1. The Morgan fingerprint density at radius 1 is 0.926 bits per heavy atom. The summed E-state index contributed by atoms with van der Waals surface area (Å²) in [5.74, 6) is 6.62. The van der Waals surface area contributed by atoms with Crippen LogP contribution in [0.5, 0.6) is 0 Å². The molecule has 1 aromatic heterocycles. The number of carbonyl (C=O) groups is 1. The van der Waals surface area contributed by atoms with Gasteiger partial charge in [0.15, 0.2) is 11.5 Å². The van der Waals surface area contributed by atoms with Crippen molar-refractivity contribution in [3.05, 3.63) is 95.4 Å². The summed E-state index contributed by atoms with van der Waals surface area (Å²) in [4.78, 5) is 16.7. The molecule has 4 heteroatoms. The molecule has 0 fully saturated rings. The molecule has 1 heterocycles. The first-order chi connectivity index (χ1) is 13.2. The quantitative estimate of drug-likeness (QED) is 0.528. The average Bonchev–Trinajstić information content (AvgIpc) is 3.07. The van der Waals surface area contributed by atoms with Gasteiger partial charge in [-0.3, -0.25) is 4.79 Å². The Bertz CT molecular complexity index is 1160. The van der Waals surface area contributed by atoms with Crippen molar-refractivity contribution in [3.63, 3.8) is 0 Å². The van der Waals surface area contributed by atoms with E-state index in [2.05, 4.69) is 22.1 Å². The van der Waals surface area contributed by atoms with Gasteiger partial charge in [-0.05, 0) is 54.6 Å². The second-order valence-corrected chi connectivity index (χ2v) is 6.06. The number of amides is 1. The highest BCUT2D eigenvalue weighted by atomic mass is 16.3. The van der Waals surface area contributed by atoms with Gasteiger partial charge in [0.1, 0.15) is 5.52 Å². The van der Waals surface area contributed by atoms with Crippen molar-refractivity contribution in [2.45, 2.75) is 6.92 Å². The summed E-state index contributed by atoms with van der Waals surface area (Å²) < 4.78 is 5.44. The molecule has 0 aliphatic rings. The molecular formula is C23H16N2O2. The van der Waals surface area contributed by atoms with E-state index in [-0.39, 0.29) is 5.91 Å². The second kappa shape index (κ2) is 7.19. The lowest BCUT2D eigenvalue weighted by Crippen LogP contribution is -2.11. The zero-order chi connectivity index (χ0) is 18.6. The van der Waals surface area contributed by atoms with Crippen LogP contribution in [0, 0.1) is 18.8 Å². The SMILES string of the molecule is Cc1nc2cc(NC(=O)c3ccc(C#Cc4ccccc4)cc3)ccc2o1. The van der Waals surface area contributed by atoms with Crippen molar-refractivity contribution >= 4 is 22.7 Å². The Hall–Kier alpha value is -3.84. The maximum atomic E-state index is 12.5. The molecule has 0 radical (unpaired) electrons. The molecule has 130 valence electrons. The number of benzene rings is 3. The molecule has 4 nitrogen and oxygen atoms in total. The van der Waals surface area contributed by atoms with Gasteiger partial charge in [-0.2, -0.15) is 0 Å². The summed E-state index contributed by atoms with van der Waals surface area (Å²) in [7, 11) is 0. The van der Waals surface area contributed by atoms with Crippen LogP contribution in [0.4, 0.5) is 5.69 Å². The monoisotopic (exact) mass is 352 g/mol. The fraction of sp³-hybridized carbons (Fsp3) is 0.0435. The van der Waals surface area contributed by atoms with Gasteiger partial charge in [0.2, 0.25) is 0 Å². The van der Waals surface area contributed by atoms with Crippen LogP contribution < -0.4 is 5.32 Å². The van der Waals surface area contributed by atoms with Gasteiger partial charge in [-0.15, -0.1) is 0 Å². The molecule has 1 amide bonds.